The van der Waals surface area contributed by atoms with Crippen LogP contribution in [0, 0.1) is 0 Å². The molecule has 0 N–H and O–H groups in total. The largest absolute Gasteiger partial charge is 0.464 e. The first-order valence-corrected chi connectivity index (χ1v) is 19.1. The maximum atomic E-state index is 14.1. The van der Waals surface area contributed by atoms with Crippen LogP contribution in [0.15, 0.2) is 0 Å². The zero-order chi connectivity index (χ0) is 36.2. The highest BCUT2D eigenvalue weighted by atomic mass is 16.6. The summed E-state index contributed by atoms with van der Waals surface area (Å²) in [6.45, 7) is 11.3. The maximum absolute atomic E-state index is 14.1. The lowest BCUT2D eigenvalue weighted by atomic mass is 9.99. The van der Waals surface area contributed by atoms with Crippen molar-refractivity contribution < 1.29 is 38.1 Å². The van der Waals surface area contributed by atoms with Crippen LogP contribution in [0.2, 0.25) is 0 Å². The number of rotatable bonds is 31. The molecule has 0 saturated heterocycles. The van der Waals surface area contributed by atoms with E-state index in [1.165, 1.54) is 61.2 Å². The van der Waals surface area contributed by atoms with Crippen LogP contribution in [0.4, 0.5) is 0 Å². The van der Waals surface area contributed by atoms with Crippen molar-refractivity contribution in [1.29, 1.82) is 0 Å². The molecule has 0 aliphatic carbocycles. The summed E-state index contributed by atoms with van der Waals surface area (Å²) in [6, 6.07) is -1.85. The molecule has 4 atom stereocenters. The van der Waals surface area contributed by atoms with Gasteiger partial charge in [-0.25, -0.2) is 9.59 Å². The smallest absolute Gasteiger partial charge is 0.328 e. The predicted molar refractivity (Wildman–Crippen MR) is 192 cm³/mol. The lowest BCUT2D eigenvalue weighted by Gasteiger charge is -2.36. The van der Waals surface area contributed by atoms with Crippen molar-refractivity contribution >= 4 is 23.8 Å². The second kappa shape index (κ2) is 29.7. The van der Waals surface area contributed by atoms with Crippen LogP contribution in [-0.2, 0) is 38.1 Å². The van der Waals surface area contributed by atoms with Crippen LogP contribution in [0.3, 0.4) is 0 Å². The van der Waals surface area contributed by atoms with Crippen molar-refractivity contribution in [2.24, 2.45) is 0 Å². The quantitative estimate of drug-likeness (QED) is 0.0541. The van der Waals surface area contributed by atoms with Crippen LogP contribution in [0.25, 0.3) is 0 Å². The molecule has 2 unspecified atom stereocenters. The Balaban J connectivity index is 5.95. The molecular formula is C38H72N2O8. The van der Waals surface area contributed by atoms with E-state index in [4.69, 9.17) is 18.9 Å². The van der Waals surface area contributed by atoms with E-state index in [1.807, 2.05) is 0 Å². The average molecular weight is 685 g/mol. The number of esters is 2. The predicted octanol–water partition coefficient (Wildman–Crippen LogP) is 7.64. The molecule has 0 bridgehead atoms. The monoisotopic (exact) mass is 685 g/mol. The molecule has 0 aromatic carbocycles. The van der Waals surface area contributed by atoms with Gasteiger partial charge in [0.25, 0.3) is 0 Å². The van der Waals surface area contributed by atoms with E-state index in [2.05, 4.69) is 13.8 Å². The highest BCUT2D eigenvalue weighted by Gasteiger charge is 2.40. The van der Waals surface area contributed by atoms with Gasteiger partial charge in [-0.15, -0.1) is 0 Å². The Bertz CT molecular complexity index is 811. The van der Waals surface area contributed by atoms with Crippen molar-refractivity contribution in [3.05, 3.63) is 0 Å². The number of carbonyl (C=O) groups excluding carboxylic acids is 4. The second-order valence-electron chi connectivity index (χ2n) is 13.2. The Labute approximate surface area is 293 Å². The molecule has 0 aromatic rings. The van der Waals surface area contributed by atoms with Gasteiger partial charge in [0.05, 0.1) is 25.4 Å². The van der Waals surface area contributed by atoms with Crippen LogP contribution in [0.5, 0.6) is 0 Å². The van der Waals surface area contributed by atoms with Gasteiger partial charge in [0.2, 0.25) is 11.8 Å². The van der Waals surface area contributed by atoms with Crippen molar-refractivity contribution in [3.63, 3.8) is 0 Å². The molecule has 282 valence electrons. The Kier molecular flexibility index (Phi) is 28.3. The fraction of sp³-hybridized carbons (Fsp3) is 0.895. The molecule has 48 heavy (non-hydrogen) atoms. The molecule has 0 aromatic heterocycles. The minimum Gasteiger partial charge on any atom is -0.464 e. The Hall–Kier alpha value is -2.20. The minimum atomic E-state index is -0.925. The number of nitrogens with zero attached hydrogens (tertiary/aromatic N) is 2. The summed E-state index contributed by atoms with van der Waals surface area (Å²) < 4.78 is 22.6. The molecule has 0 saturated carbocycles. The molecular weight excluding hydrogens is 612 g/mol. The van der Waals surface area contributed by atoms with Crippen LogP contribution < -0.4 is 0 Å². The number of carbonyl (C=O) groups is 4. The van der Waals surface area contributed by atoms with Gasteiger partial charge in [-0.05, 0) is 40.5 Å². The van der Waals surface area contributed by atoms with E-state index in [-0.39, 0.29) is 32.3 Å². The van der Waals surface area contributed by atoms with Crippen LogP contribution in [-0.4, -0.2) is 98.4 Å². The number of hydrogen-bond acceptors (Lipinski definition) is 8. The van der Waals surface area contributed by atoms with Crippen LogP contribution in [0.1, 0.15) is 157 Å². The number of unbranched alkanes of at least 4 members (excludes halogenated alkanes) is 14. The molecule has 0 rings (SSSR count). The maximum Gasteiger partial charge on any atom is 0.328 e. The third-order valence-electron chi connectivity index (χ3n) is 8.84. The summed E-state index contributed by atoms with van der Waals surface area (Å²) >= 11 is 0. The van der Waals surface area contributed by atoms with E-state index in [9.17, 15) is 19.2 Å². The van der Waals surface area contributed by atoms with Crippen LogP contribution >= 0.6 is 0 Å². The van der Waals surface area contributed by atoms with E-state index < -0.39 is 42.1 Å². The molecule has 0 aliphatic rings. The van der Waals surface area contributed by atoms with Gasteiger partial charge in [0.15, 0.2) is 0 Å². The van der Waals surface area contributed by atoms with E-state index in [1.54, 1.807) is 41.8 Å². The first-order valence-electron chi connectivity index (χ1n) is 19.1. The van der Waals surface area contributed by atoms with Gasteiger partial charge in [0.1, 0.15) is 25.3 Å². The second-order valence-corrected chi connectivity index (χ2v) is 13.2. The normalized spacial score (nSPS) is 13.8. The third-order valence-corrected chi connectivity index (χ3v) is 8.84. The molecule has 2 amide bonds. The lowest BCUT2D eigenvalue weighted by molar-refractivity contribution is -0.168. The average Bonchev–Trinajstić information content (AvgIpc) is 3.06. The first-order chi connectivity index (χ1) is 23.0. The van der Waals surface area contributed by atoms with Gasteiger partial charge in [-0.3, -0.25) is 9.59 Å². The number of ether oxygens (including phenoxy) is 4. The summed E-state index contributed by atoms with van der Waals surface area (Å²) in [4.78, 5) is 55.9. The molecule has 10 heteroatoms. The first kappa shape index (κ1) is 45.8. The zero-order valence-electron chi connectivity index (χ0n) is 32.0. The number of likely N-dealkylation sites (N-methyl/N-ethyl adjacent to an activating group) is 1. The van der Waals surface area contributed by atoms with Crippen molar-refractivity contribution in [2.75, 3.05) is 40.5 Å². The SMILES string of the molecule is CCCCCCCCCCC(C(=O)OCC)N(C(=O)CO[C@H](C)[C@@H](C)OCC(=O)N(C)C)C(CCCCCCCCCC)C(=O)OCC. The highest BCUT2D eigenvalue weighted by Crippen LogP contribution is 2.23. The molecule has 10 nitrogen and oxygen atoms in total. The van der Waals surface area contributed by atoms with Gasteiger partial charge in [-0.2, -0.15) is 0 Å². The van der Waals surface area contributed by atoms with Crippen molar-refractivity contribution in [1.82, 2.24) is 9.80 Å². The minimum absolute atomic E-state index is 0.102. The summed E-state index contributed by atoms with van der Waals surface area (Å²) in [5.74, 6) is -1.65. The molecule has 0 fully saturated rings. The zero-order valence-corrected chi connectivity index (χ0v) is 32.0. The topological polar surface area (TPSA) is 112 Å². The van der Waals surface area contributed by atoms with Gasteiger partial charge >= 0.3 is 11.9 Å². The van der Waals surface area contributed by atoms with Gasteiger partial charge in [-0.1, -0.05) is 117 Å². The van der Waals surface area contributed by atoms with Gasteiger partial charge < -0.3 is 28.7 Å². The molecule has 0 heterocycles. The van der Waals surface area contributed by atoms with Crippen molar-refractivity contribution in [2.45, 2.75) is 181 Å². The van der Waals surface area contributed by atoms with E-state index in [0.717, 1.165) is 51.4 Å². The standard InChI is InChI=1S/C38H72N2O8/c1-9-13-15-17-19-21-23-25-27-33(37(43)45-11-3)40(36(42)30-48-32(6)31(5)47-29-35(41)39(7)8)34(38(44)46-12-4)28-26-24-22-20-18-16-14-10-2/h31-34H,9-30H2,1-8H3/t31-,32-,33?,34?/m1/s1. The van der Waals surface area contributed by atoms with E-state index >= 15 is 0 Å². The number of hydrogen-bond donors (Lipinski definition) is 0. The highest BCUT2D eigenvalue weighted by molar-refractivity contribution is 5.90. The van der Waals surface area contributed by atoms with Gasteiger partial charge in [0, 0.05) is 14.1 Å². The Morgan fingerprint density at radius 1 is 0.500 bits per heavy atom. The summed E-state index contributed by atoms with van der Waals surface area (Å²) in [6.07, 6.45) is 17.3. The number of amides is 2. The Morgan fingerprint density at radius 3 is 1.17 bits per heavy atom. The summed E-state index contributed by atoms with van der Waals surface area (Å²) in [5, 5.41) is 0. The summed E-state index contributed by atoms with van der Waals surface area (Å²) in [7, 11) is 3.31. The van der Waals surface area contributed by atoms with Crippen molar-refractivity contribution in [3.8, 4) is 0 Å². The Morgan fingerprint density at radius 2 is 0.833 bits per heavy atom. The molecule has 0 aliphatic heterocycles. The molecule has 0 spiro atoms. The third kappa shape index (κ3) is 21.0. The lowest BCUT2D eigenvalue weighted by Crippen LogP contribution is -2.56. The summed E-state index contributed by atoms with van der Waals surface area (Å²) in [5.41, 5.74) is 0. The van der Waals surface area contributed by atoms with E-state index in [0.29, 0.717) is 12.8 Å². The molecule has 0 radical (unpaired) electrons. The fourth-order valence-electron chi connectivity index (χ4n) is 5.61. The fourth-order valence-corrected chi connectivity index (χ4v) is 5.61.